The van der Waals surface area contributed by atoms with Gasteiger partial charge < -0.3 is 15.2 Å². The predicted octanol–water partition coefficient (Wildman–Crippen LogP) is 1.35. The zero-order valence-corrected chi connectivity index (χ0v) is 12.7. The third kappa shape index (κ3) is 4.24. The summed E-state index contributed by atoms with van der Waals surface area (Å²) < 4.78 is 8.89. The molecule has 20 heavy (non-hydrogen) atoms. The SMILES string of the molecule is COC(=O)C1SCCC1=O.COC(=O)c1sccc1N. The Morgan fingerprint density at radius 3 is 2.45 bits per heavy atom. The molecule has 6 nitrogen and oxygen atoms in total. The lowest BCUT2D eigenvalue weighted by Crippen LogP contribution is -2.23. The molecule has 2 N–H and O–H groups in total. The molecule has 0 saturated carbocycles. The van der Waals surface area contributed by atoms with Gasteiger partial charge in [0.15, 0.2) is 11.0 Å². The maximum Gasteiger partial charge on any atom is 0.350 e. The lowest BCUT2D eigenvalue weighted by atomic mass is 10.2. The molecule has 0 bridgehead atoms. The highest BCUT2D eigenvalue weighted by Gasteiger charge is 2.32. The molecule has 2 heterocycles. The molecule has 1 aromatic heterocycles. The van der Waals surface area contributed by atoms with Crippen molar-refractivity contribution in [2.45, 2.75) is 11.7 Å². The summed E-state index contributed by atoms with van der Waals surface area (Å²) in [5, 5.41) is 1.21. The van der Waals surface area contributed by atoms with Crippen LogP contribution in [0.25, 0.3) is 0 Å². The van der Waals surface area contributed by atoms with E-state index in [1.807, 2.05) is 0 Å². The molecule has 8 heteroatoms. The summed E-state index contributed by atoms with van der Waals surface area (Å²) in [7, 11) is 2.63. The normalized spacial score (nSPS) is 17.1. The van der Waals surface area contributed by atoms with Crippen LogP contribution in [-0.4, -0.2) is 42.9 Å². The number of hydrogen-bond acceptors (Lipinski definition) is 8. The van der Waals surface area contributed by atoms with E-state index < -0.39 is 11.2 Å². The second kappa shape index (κ2) is 7.91. The monoisotopic (exact) mass is 317 g/mol. The first-order valence-corrected chi connectivity index (χ1v) is 7.57. The second-order valence-corrected chi connectivity index (χ2v) is 5.82. The Morgan fingerprint density at radius 2 is 2.05 bits per heavy atom. The van der Waals surface area contributed by atoms with Crippen molar-refractivity contribution in [1.29, 1.82) is 0 Å². The summed E-state index contributed by atoms with van der Waals surface area (Å²) in [5.74, 6) is -0.0321. The van der Waals surface area contributed by atoms with Gasteiger partial charge in [0, 0.05) is 12.2 Å². The summed E-state index contributed by atoms with van der Waals surface area (Å²) in [6.07, 6.45) is 0.504. The predicted molar refractivity (Wildman–Crippen MR) is 78.0 cm³/mol. The van der Waals surface area contributed by atoms with E-state index in [2.05, 4.69) is 9.47 Å². The van der Waals surface area contributed by atoms with E-state index in [-0.39, 0.29) is 11.8 Å². The van der Waals surface area contributed by atoms with Crippen LogP contribution in [0.4, 0.5) is 5.69 Å². The smallest absolute Gasteiger partial charge is 0.350 e. The molecular formula is C12H15NO5S2. The molecular weight excluding hydrogens is 302 g/mol. The minimum atomic E-state index is -0.537. The number of thiophene rings is 1. The van der Waals surface area contributed by atoms with E-state index in [0.29, 0.717) is 17.0 Å². The number of ether oxygens (including phenoxy) is 2. The molecule has 0 amide bonds. The van der Waals surface area contributed by atoms with Crippen molar-refractivity contribution >= 4 is 46.5 Å². The van der Waals surface area contributed by atoms with Crippen molar-refractivity contribution in [3.63, 3.8) is 0 Å². The minimum Gasteiger partial charge on any atom is -0.468 e. The Balaban J connectivity index is 0.000000200. The number of rotatable bonds is 2. The number of esters is 2. The van der Waals surface area contributed by atoms with Gasteiger partial charge in [-0.2, -0.15) is 0 Å². The van der Waals surface area contributed by atoms with Crippen LogP contribution in [0.3, 0.4) is 0 Å². The second-order valence-electron chi connectivity index (χ2n) is 3.69. The molecule has 1 aliphatic rings. The molecule has 2 rings (SSSR count). The third-order valence-corrected chi connectivity index (χ3v) is 4.55. The van der Waals surface area contributed by atoms with Crippen LogP contribution < -0.4 is 5.73 Å². The maximum absolute atomic E-state index is 10.9. The number of Topliss-reactive ketones (excluding diaryl/α,β-unsaturated/α-hetero) is 1. The molecule has 0 aliphatic carbocycles. The van der Waals surface area contributed by atoms with Gasteiger partial charge >= 0.3 is 11.9 Å². The van der Waals surface area contributed by atoms with Crippen molar-refractivity contribution < 1.29 is 23.9 Å². The summed E-state index contributed by atoms with van der Waals surface area (Å²) in [6.45, 7) is 0. The molecule has 1 unspecified atom stereocenters. The first-order valence-electron chi connectivity index (χ1n) is 5.64. The first-order chi connectivity index (χ1) is 9.51. The average molecular weight is 317 g/mol. The number of nitrogens with two attached hydrogens (primary N) is 1. The number of thioether (sulfide) groups is 1. The highest BCUT2D eigenvalue weighted by atomic mass is 32.2. The Morgan fingerprint density at radius 1 is 1.35 bits per heavy atom. The number of anilines is 1. The highest BCUT2D eigenvalue weighted by molar-refractivity contribution is 8.01. The van der Waals surface area contributed by atoms with Crippen LogP contribution >= 0.6 is 23.1 Å². The Hall–Kier alpha value is -1.54. The number of methoxy groups -OCH3 is 2. The van der Waals surface area contributed by atoms with Gasteiger partial charge in [-0.05, 0) is 11.4 Å². The van der Waals surface area contributed by atoms with Crippen LogP contribution in [0.1, 0.15) is 16.1 Å². The maximum atomic E-state index is 10.9. The van der Waals surface area contributed by atoms with Crippen LogP contribution in [0.2, 0.25) is 0 Å². The molecule has 1 saturated heterocycles. The van der Waals surface area contributed by atoms with Gasteiger partial charge in [0.1, 0.15) is 4.88 Å². The van der Waals surface area contributed by atoms with Gasteiger partial charge in [0.2, 0.25) is 0 Å². The average Bonchev–Trinajstić information content (AvgIpc) is 3.06. The topological polar surface area (TPSA) is 95.7 Å². The van der Waals surface area contributed by atoms with Crippen molar-refractivity contribution in [3.8, 4) is 0 Å². The molecule has 1 fully saturated rings. The molecule has 1 aliphatic heterocycles. The molecule has 1 atom stereocenters. The molecule has 0 aromatic carbocycles. The quantitative estimate of drug-likeness (QED) is 0.649. The largest absolute Gasteiger partial charge is 0.468 e. The zero-order chi connectivity index (χ0) is 15.1. The van der Waals surface area contributed by atoms with E-state index in [1.54, 1.807) is 11.4 Å². The van der Waals surface area contributed by atoms with Gasteiger partial charge in [0.25, 0.3) is 0 Å². The van der Waals surface area contributed by atoms with E-state index in [4.69, 9.17) is 5.73 Å². The molecule has 0 radical (unpaired) electrons. The van der Waals surface area contributed by atoms with Crippen LogP contribution in [0, 0.1) is 0 Å². The van der Waals surface area contributed by atoms with E-state index >= 15 is 0 Å². The fraction of sp³-hybridized carbons (Fsp3) is 0.417. The molecule has 0 spiro atoms. The highest BCUT2D eigenvalue weighted by Crippen LogP contribution is 2.23. The molecule has 110 valence electrons. The number of carbonyl (C=O) groups excluding carboxylic acids is 3. The van der Waals surface area contributed by atoms with Crippen molar-refractivity contribution in [3.05, 3.63) is 16.3 Å². The third-order valence-electron chi connectivity index (χ3n) is 2.41. The van der Waals surface area contributed by atoms with Crippen LogP contribution in [0.15, 0.2) is 11.4 Å². The first kappa shape index (κ1) is 16.5. The van der Waals surface area contributed by atoms with Crippen molar-refractivity contribution in [1.82, 2.24) is 0 Å². The number of nitrogen functional groups attached to an aromatic ring is 1. The Bertz CT molecular complexity index is 500. The van der Waals surface area contributed by atoms with Gasteiger partial charge in [-0.1, -0.05) is 0 Å². The molecule has 1 aromatic rings. The Kier molecular flexibility index (Phi) is 6.53. The summed E-state index contributed by atoms with van der Waals surface area (Å²) in [5.41, 5.74) is 5.91. The minimum absolute atomic E-state index is 0.00292. The zero-order valence-electron chi connectivity index (χ0n) is 11.1. The number of carbonyl (C=O) groups is 3. The Labute approximate surface area is 124 Å². The van der Waals surface area contributed by atoms with Crippen LogP contribution in [-0.2, 0) is 19.1 Å². The van der Waals surface area contributed by atoms with Gasteiger partial charge in [0.05, 0.1) is 19.9 Å². The van der Waals surface area contributed by atoms with Crippen LogP contribution in [0.5, 0.6) is 0 Å². The van der Waals surface area contributed by atoms with Crippen molar-refractivity contribution in [2.75, 3.05) is 25.7 Å². The summed E-state index contributed by atoms with van der Waals surface area (Å²) in [4.78, 5) is 32.9. The van der Waals surface area contributed by atoms with Gasteiger partial charge in [-0.15, -0.1) is 23.1 Å². The van der Waals surface area contributed by atoms with E-state index in [1.165, 1.54) is 37.3 Å². The van der Waals surface area contributed by atoms with Gasteiger partial charge in [-0.25, -0.2) is 4.79 Å². The summed E-state index contributed by atoms with van der Waals surface area (Å²) >= 11 is 2.64. The fourth-order valence-electron chi connectivity index (χ4n) is 1.39. The lowest BCUT2D eigenvalue weighted by Gasteiger charge is -2.02. The van der Waals surface area contributed by atoms with E-state index in [0.717, 1.165) is 5.75 Å². The number of hydrogen-bond donors (Lipinski definition) is 1. The fourth-order valence-corrected chi connectivity index (χ4v) is 3.21. The van der Waals surface area contributed by atoms with Crippen molar-refractivity contribution in [2.24, 2.45) is 0 Å². The number of ketones is 1. The lowest BCUT2D eigenvalue weighted by molar-refractivity contribution is -0.142. The van der Waals surface area contributed by atoms with E-state index in [9.17, 15) is 14.4 Å². The van der Waals surface area contributed by atoms with Gasteiger partial charge in [-0.3, -0.25) is 9.59 Å². The standard InChI is InChI=1S/C6H7NO2S.C6H8O3S/c2*1-9-6(8)5-4(7)2-3-10-5/h2-3H,7H2,1H3;5H,2-3H2,1H3. The summed E-state index contributed by atoms with van der Waals surface area (Å²) in [6, 6.07) is 1.68.